The summed E-state index contributed by atoms with van der Waals surface area (Å²) in [7, 11) is 1.55. The number of ether oxygens (including phenoxy) is 1. The summed E-state index contributed by atoms with van der Waals surface area (Å²) in [5.74, 6) is -0.384. The predicted octanol–water partition coefficient (Wildman–Crippen LogP) is 1.38. The van der Waals surface area contributed by atoms with Crippen LogP contribution in [0.4, 0.5) is 0 Å². The van der Waals surface area contributed by atoms with Crippen LogP contribution in [0.5, 0.6) is 0 Å². The molecule has 0 saturated heterocycles. The Morgan fingerprint density at radius 1 is 1.34 bits per heavy atom. The minimum Gasteiger partial charge on any atom is -0.476 e. The van der Waals surface area contributed by atoms with Crippen molar-refractivity contribution in [3.8, 4) is 0 Å². The molecule has 172 valence electrons. The normalized spacial score (nSPS) is 16.1. The summed E-state index contributed by atoms with van der Waals surface area (Å²) in [6.07, 6.45) is 3.46. The van der Waals surface area contributed by atoms with Gasteiger partial charge in [-0.2, -0.15) is 0 Å². The van der Waals surface area contributed by atoms with E-state index in [0.717, 1.165) is 18.4 Å². The lowest BCUT2D eigenvalue weighted by Gasteiger charge is -2.18. The summed E-state index contributed by atoms with van der Waals surface area (Å²) in [6, 6.07) is 8.53. The molecule has 1 fully saturated rings. The number of hydrogen-bond acceptors (Lipinski definition) is 6. The van der Waals surface area contributed by atoms with Crippen molar-refractivity contribution in [3.05, 3.63) is 67.4 Å². The maximum absolute atomic E-state index is 12.9. The Morgan fingerprint density at radius 2 is 2.00 bits per heavy atom. The van der Waals surface area contributed by atoms with Crippen molar-refractivity contribution in [1.82, 2.24) is 9.88 Å². The number of nitrogens with zero attached hydrogens (tertiary/aromatic N) is 1. The third-order valence-electron chi connectivity index (χ3n) is 5.25. The molecule has 32 heavy (non-hydrogen) atoms. The van der Waals surface area contributed by atoms with Gasteiger partial charge in [0.05, 0.1) is 4.75 Å². The molecule has 0 radical (unpaired) electrons. The number of nitrogens with one attached hydrogen (secondary N) is 1. The third kappa shape index (κ3) is 5.61. The second kappa shape index (κ2) is 9.92. The fourth-order valence-corrected chi connectivity index (χ4v) is 5.04. The molecule has 1 aliphatic carbocycles. The highest BCUT2D eigenvalue weighted by molar-refractivity contribution is 8.01. The van der Waals surface area contributed by atoms with Crippen LogP contribution in [0.15, 0.2) is 35.1 Å². The number of rotatable bonds is 8. The summed E-state index contributed by atoms with van der Waals surface area (Å²) in [5.41, 5.74) is 12.4. The van der Waals surface area contributed by atoms with Crippen LogP contribution < -0.4 is 32.9 Å². The number of nitrogens with two attached hydrogens (primary N) is 2. The van der Waals surface area contributed by atoms with Crippen molar-refractivity contribution in [1.29, 1.82) is 0 Å². The molecule has 3 rings (SSSR count). The molecule has 0 unspecified atom stereocenters. The van der Waals surface area contributed by atoms with E-state index in [1.54, 1.807) is 31.3 Å². The van der Waals surface area contributed by atoms with Gasteiger partial charge < -0.3 is 26.1 Å². The molecular weight excluding hydrogens is 448 g/mol. The smallest absolute Gasteiger partial charge is 0.263 e. The van der Waals surface area contributed by atoms with Gasteiger partial charge in [-0.15, -0.1) is 11.8 Å². The van der Waals surface area contributed by atoms with E-state index in [4.69, 9.17) is 27.8 Å². The average molecular weight is 477 g/mol. The molecule has 1 amide bonds. The lowest BCUT2D eigenvalue weighted by Crippen LogP contribution is -2.48. The molecule has 1 aromatic heterocycles. The second-order valence-corrected chi connectivity index (χ2v) is 10.7. The van der Waals surface area contributed by atoms with Crippen LogP contribution in [0, 0.1) is 0 Å². The molecule has 2 aromatic rings. The van der Waals surface area contributed by atoms with Crippen molar-refractivity contribution in [3.63, 3.8) is 0 Å². The van der Waals surface area contributed by atoms with E-state index in [-0.39, 0.29) is 22.7 Å². The summed E-state index contributed by atoms with van der Waals surface area (Å²) in [4.78, 5) is 25.6. The van der Waals surface area contributed by atoms with Crippen LogP contribution >= 0.6 is 23.4 Å². The van der Waals surface area contributed by atoms with Crippen LogP contribution in [0.2, 0.25) is 5.02 Å². The molecule has 0 bridgehead atoms. The first kappa shape index (κ1) is 24.1. The van der Waals surface area contributed by atoms with E-state index in [2.05, 4.69) is 19.2 Å². The number of aromatic nitrogens is 1. The first-order valence-corrected chi connectivity index (χ1v) is 11.7. The van der Waals surface area contributed by atoms with Gasteiger partial charge in [0.25, 0.3) is 11.5 Å². The highest BCUT2D eigenvalue weighted by atomic mass is 35.5. The third-order valence-corrected chi connectivity index (χ3v) is 7.00. The lowest BCUT2D eigenvalue weighted by molar-refractivity contribution is 0.0948. The lowest BCUT2D eigenvalue weighted by atomic mass is 10.2. The van der Waals surface area contributed by atoms with Crippen LogP contribution in [0.1, 0.15) is 42.6 Å². The van der Waals surface area contributed by atoms with Crippen LogP contribution in [0.3, 0.4) is 0 Å². The second-order valence-electron chi connectivity index (χ2n) is 8.20. The molecule has 0 atom stereocenters. The van der Waals surface area contributed by atoms with Crippen LogP contribution in [-0.2, 0) is 18.3 Å². The molecule has 5 N–H and O–H groups in total. The molecule has 9 heteroatoms. The number of benzene rings is 1. The average Bonchev–Trinajstić information content (AvgIpc) is 3.52. The summed E-state index contributed by atoms with van der Waals surface area (Å²) < 4.78 is 7.26. The Balaban J connectivity index is 1.84. The fraction of sp³-hybridized carbons (Fsp3) is 0.391. The number of pyridine rings is 1. The van der Waals surface area contributed by atoms with Crippen molar-refractivity contribution < 1.29 is 9.53 Å². The number of carbonyl (C=O) groups excluding carboxylic acids is 1. The summed E-state index contributed by atoms with van der Waals surface area (Å²) in [6.45, 7) is 5.03. The molecule has 1 heterocycles. The van der Waals surface area contributed by atoms with Crippen molar-refractivity contribution in [2.24, 2.45) is 18.5 Å². The standard InChI is InChI=1S/C23H29ClN4O3S/c1-14(2)32-23(8-9-23)13-31-20(26)19-16(11-25)10-18(22(30)28(19)3)21(29)27-12-15-4-6-17(24)7-5-15/h4-7,10-11,14H,8-9,12-13,25-26H2,1-3H3,(H,27,29)/b16-11-,20-19-. The molecular formula is C23H29ClN4O3S. The van der Waals surface area contributed by atoms with Crippen LogP contribution in [-0.4, -0.2) is 27.1 Å². The van der Waals surface area contributed by atoms with Gasteiger partial charge in [-0.1, -0.05) is 37.6 Å². The van der Waals surface area contributed by atoms with Crippen molar-refractivity contribution >= 4 is 41.4 Å². The highest BCUT2D eigenvalue weighted by Crippen LogP contribution is 2.50. The Morgan fingerprint density at radius 3 is 2.56 bits per heavy atom. The minimum atomic E-state index is -0.500. The van der Waals surface area contributed by atoms with Crippen LogP contribution in [0.25, 0.3) is 12.1 Å². The van der Waals surface area contributed by atoms with E-state index in [1.165, 1.54) is 16.8 Å². The monoisotopic (exact) mass is 476 g/mol. The summed E-state index contributed by atoms with van der Waals surface area (Å²) in [5, 5.41) is 4.66. The van der Waals surface area contributed by atoms with Gasteiger partial charge in [0.15, 0.2) is 0 Å². The maximum atomic E-state index is 12.9. The van der Waals surface area contributed by atoms with E-state index in [1.807, 2.05) is 11.8 Å². The number of thioether (sulfide) groups is 1. The van der Waals surface area contributed by atoms with Crippen molar-refractivity contribution in [2.45, 2.75) is 43.2 Å². The van der Waals surface area contributed by atoms with E-state index in [0.29, 0.717) is 27.4 Å². The van der Waals surface area contributed by atoms with Gasteiger partial charge in [0, 0.05) is 30.0 Å². The van der Waals surface area contributed by atoms with Gasteiger partial charge in [-0.05, 0) is 41.9 Å². The highest BCUT2D eigenvalue weighted by Gasteiger charge is 2.45. The number of amides is 1. The Hall–Kier alpha value is -2.58. The van der Waals surface area contributed by atoms with Gasteiger partial charge in [-0.3, -0.25) is 9.59 Å². The zero-order valence-electron chi connectivity index (χ0n) is 18.5. The fourth-order valence-electron chi connectivity index (χ4n) is 3.45. The molecule has 1 saturated carbocycles. The Bertz CT molecular complexity index is 1170. The Kier molecular flexibility index (Phi) is 7.46. The first-order chi connectivity index (χ1) is 15.2. The molecule has 1 aliphatic rings. The maximum Gasteiger partial charge on any atom is 0.263 e. The van der Waals surface area contributed by atoms with E-state index >= 15 is 0 Å². The van der Waals surface area contributed by atoms with E-state index in [9.17, 15) is 9.59 Å². The number of carbonyl (C=O) groups is 1. The number of halogens is 1. The quantitative estimate of drug-likeness (QED) is 0.530. The van der Waals surface area contributed by atoms with Gasteiger partial charge in [0.1, 0.15) is 17.5 Å². The zero-order chi connectivity index (χ0) is 23.5. The minimum absolute atomic E-state index is 0.0243. The number of hydrogen-bond donors (Lipinski definition) is 3. The summed E-state index contributed by atoms with van der Waals surface area (Å²) >= 11 is 7.76. The SMILES string of the molecule is CC(C)SC1(CO/C(N)=c2/c(=C\N)cc(C(=O)NCc3ccc(Cl)cc3)c(=O)n2C)CC1. The largest absolute Gasteiger partial charge is 0.476 e. The van der Waals surface area contributed by atoms with E-state index < -0.39 is 11.5 Å². The predicted molar refractivity (Wildman–Crippen MR) is 130 cm³/mol. The van der Waals surface area contributed by atoms with Gasteiger partial charge in [0.2, 0.25) is 5.88 Å². The molecule has 0 spiro atoms. The van der Waals surface area contributed by atoms with Gasteiger partial charge in [-0.25, -0.2) is 0 Å². The molecule has 1 aromatic carbocycles. The van der Waals surface area contributed by atoms with Crippen molar-refractivity contribution in [2.75, 3.05) is 6.61 Å². The first-order valence-electron chi connectivity index (χ1n) is 10.4. The Labute approximate surface area is 196 Å². The zero-order valence-corrected chi connectivity index (χ0v) is 20.1. The molecule has 0 aliphatic heterocycles. The molecule has 7 nitrogen and oxygen atoms in total. The topological polar surface area (TPSA) is 112 Å². The van der Waals surface area contributed by atoms with Gasteiger partial charge >= 0.3 is 0 Å².